The van der Waals surface area contributed by atoms with Gasteiger partial charge in [-0.3, -0.25) is 0 Å². The summed E-state index contributed by atoms with van der Waals surface area (Å²) in [5.74, 6) is 3.54. The maximum atomic E-state index is 11.9. The minimum absolute atomic E-state index is 0.113. The lowest BCUT2D eigenvalue weighted by atomic mass is 9.96. The molecule has 22 heavy (non-hydrogen) atoms. The maximum absolute atomic E-state index is 11.9. The van der Waals surface area contributed by atoms with Crippen LogP contribution in [0.5, 0.6) is 0 Å². The molecule has 126 valence electrons. The van der Waals surface area contributed by atoms with E-state index < -0.39 is 5.60 Å². The van der Waals surface area contributed by atoms with Crippen molar-refractivity contribution in [3.8, 4) is 0 Å². The number of rotatable bonds is 8. The van der Waals surface area contributed by atoms with Crippen LogP contribution in [0.2, 0.25) is 0 Å². The molecule has 0 aliphatic carbocycles. The molecule has 3 N–H and O–H groups in total. The smallest absolute Gasteiger partial charge is 0.315 e. The standard InChI is InChI=1S/C16H28N2O3S/c1-6-22-8-7-11(2)18-15(19)17-10-16(5,20)14-9-12(3)21-13(14)4/h9,11,20H,6-8,10H2,1-5H3,(H2,17,18,19). The molecule has 0 fully saturated rings. The van der Waals surface area contributed by atoms with Gasteiger partial charge in [0.15, 0.2) is 0 Å². The summed E-state index contributed by atoms with van der Waals surface area (Å²) in [6.45, 7) is 9.56. The first kappa shape index (κ1) is 18.9. The highest BCUT2D eigenvalue weighted by Crippen LogP contribution is 2.26. The van der Waals surface area contributed by atoms with Crippen molar-refractivity contribution in [2.75, 3.05) is 18.1 Å². The minimum atomic E-state index is -1.15. The Hall–Kier alpha value is -1.14. The third-order valence-electron chi connectivity index (χ3n) is 3.49. The maximum Gasteiger partial charge on any atom is 0.315 e. The number of amides is 2. The topological polar surface area (TPSA) is 74.5 Å². The van der Waals surface area contributed by atoms with Gasteiger partial charge in [-0.2, -0.15) is 11.8 Å². The molecule has 1 aromatic heterocycles. The molecule has 0 radical (unpaired) electrons. The van der Waals surface area contributed by atoms with Crippen LogP contribution in [0.1, 0.15) is 44.3 Å². The van der Waals surface area contributed by atoms with Gasteiger partial charge in [0.25, 0.3) is 0 Å². The average molecular weight is 328 g/mol. The summed E-state index contributed by atoms with van der Waals surface area (Å²) in [4.78, 5) is 11.9. The van der Waals surface area contributed by atoms with Gasteiger partial charge in [0, 0.05) is 11.6 Å². The lowest BCUT2D eigenvalue weighted by molar-refractivity contribution is 0.0578. The minimum Gasteiger partial charge on any atom is -0.466 e. The van der Waals surface area contributed by atoms with Crippen LogP contribution in [-0.2, 0) is 5.60 Å². The molecule has 2 unspecified atom stereocenters. The van der Waals surface area contributed by atoms with Gasteiger partial charge < -0.3 is 20.2 Å². The van der Waals surface area contributed by atoms with Crippen LogP contribution in [0.3, 0.4) is 0 Å². The van der Waals surface area contributed by atoms with Crippen molar-refractivity contribution in [3.05, 3.63) is 23.2 Å². The van der Waals surface area contributed by atoms with Crippen LogP contribution < -0.4 is 10.6 Å². The van der Waals surface area contributed by atoms with Gasteiger partial charge in [0.1, 0.15) is 17.1 Å². The second-order valence-corrected chi connectivity index (χ2v) is 7.21. The second kappa shape index (κ2) is 8.48. The van der Waals surface area contributed by atoms with Crippen LogP contribution in [0.15, 0.2) is 10.5 Å². The van der Waals surface area contributed by atoms with Crippen LogP contribution in [0, 0.1) is 13.8 Å². The Labute approximate surface area is 137 Å². The van der Waals surface area contributed by atoms with E-state index in [1.165, 1.54) is 0 Å². The number of hydrogen-bond donors (Lipinski definition) is 3. The van der Waals surface area contributed by atoms with Gasteiger partial charge in [0.2, 0.25) is 0 Å². The summed E-state index contributed by atoms with van der Waals surface area (Å²) in [5, 5.41) is 16.1. The molecule has 0 saturated heterocycles. The molecule has 0 spiro atoms. The summed E-state index contributed by atoms with van der Waals surface area (Å²) >= 11 is 1.86. The van der Waals surface area contributed by atoms with E-state index in [0.29, 0.717) is 11.3 Å². The van der Waals surface area contributed by atoms with E-state index in [1.807, 2.05) is 32.5 Å². The molecule has 1 heterocycles. The molecule has 2 amide bonds. The quantitative estimate of drug-likeness (QED) is 0.641. The van der Waals surface area contributed by atoms with E-state index in [0.717, 1.165) is 23.7 Å². The summed E-state index contributed by atoms with van der Waals surface area (Å²) in [6, 6.07) is 1.66. The first-order chi connectivity index (χ1) is 10.3. The number of urea groups is 1. The van der Waals surface area contributed by atoms with Crippen LogP contribution in [0.4, 0.5) is 4.79 Å². The summed E-state index contributed by atoms with van der Waals surface area (Å²) in [6.07, 6.45) is 0.933. The number of aryl methyl sites for hydroxylation is 2. The summed E-state index contributed by atoms with van der Waals surface area (Å²) in [5.41, 5.74) is -0.446. The molecule has 1 aromatic rings. The predicted octanol–water partition coefficient (Wildman–Crippen LogP) is 2.93. The number of carbonyl (C=O) groups excluding carboxylic acids is 1. The SMILES string of the molecule is CCSCCC(C)NC(=O)NCC(C)(O)c1cc(C)oc1C. The zero-order valence-electron chi connectivity index (χ0n) is 14.2. The number of hydrogen-bond acceptors (Lipinski definition) is 4. The molecule has 0 bridgehead atoms. The van der Waals surface area contributed by atoms with E-state index >= 15 is 0 Å². The zero-order chi connectivity index (χ0) is 16.8. The molecular weight excluding hydrogens is 300 g/mol. The highest BCUT2D eigenvalue weighted by molar-refractivity contribution is 7.99. The Balaban J connectivity index is 2.44. The first-order valence-electron chi connectivity index (χ1n) is 7.68. The molecule has 0 aliphatic rings. The van der Waals surface area contributed by atoms with Crippen molar-refractivity contribution in [2.24, 2.45) is 0 Å². The third kappa shape index (κ3) is 5.93. The first-order valence-corrected chi connectivity index (χ1v) is 8.83. The Morgan fingerprint density at radius 3 is 2.73 bits per heavy atom. The molecule has 0 aromatic carbocycles. The van der Waals surface area contributed by atoms with Crippen LogP contribution >= 0.6 is 11.8 Å². The highest BCUT2D eigenvalue weighted by Gasteiger charge is 2.28. The molecule has 0 saturated carbocycles. The number of thioether (sulfide) groups is 1. The Morgan fingerprint density at radius 2 is 2.18 bits per heavy atom. The Bertz CT molecular complexity index is 486. The van der Waals surface area contributed by atoms with Crippen LogP contribution in [-0.4, -0.2) is 35.2 Å². The fourth-order valence-corrected chi connectivity index (χ4v) is 3.07. The van der Waals surface area contributed by atoms with Crippen molar-refractivity contribution >= 4 is 17.8 Å². The number of furan rings is 1. The average Bonchev–Trinajstić information content (AvgIpc) is 2.77. The van der Waals surface area contributed by atoms with Crippen molar-refractivity contribution in [1.82, 2.24) is 10.6 Å². The lowest BCUT2D eigenvalue weighted by Gasteiger charge is -2.24. The number of aliphatic hydroxyl groups is 1. The fourth-order valence-electron chi connectivity index (χ4n) is 2.26. The molecule has 5 nitrogen and oxygen atoms in total. The lowest BCUT2D eigenvalue weighted by Crippen LogP contribution is -2.46. The molecule has 1 rings (SSSR count). The number of carbonyl (C=O) groups is 1. The monoisotopic (exact) mass is 328 g/mol. The van der Waals surface area contributed by atoms with Crippen molar-refractivity contribution in [3.63, 3.8) is 0 Å². The van der Waals surface area contributed by atoms with Gasteiger partial charge in [-0.05, 0) is 51.7 Å². The summed E-state index contributed by atoms with van der Waals surface area (Å²) < 4.78 is 5.44. The van der Waals surface area contributed by atoms with Crippen molar-refractivity contribution in [1.29, 1.82) is 0 Å². The van der Waals surface area contributed by atoms with Crippen molar-refractivity contribution < 1.29 is 14.3 Å². The third-order valence-corrected chi connectivity index (χ3v) is 4.42. The fraction of sp³-hybridized carbons (Fsp3) is 0.688. The largest absolute Gasteiger partial charge is 0.466 e. The molecule has 0 aliphatic heterocycles. The molecule has 6 heteroatoms. The van der Waals surface area contributed by atoms with Gasteiger partial charge in [-0.25, -0.2) is 4.79 Å². The van der Waals surface area contributed by atoms with Gasteiger partial charge in [-0.15, -0.1) is 0 Å². The predicted molar refractivity (Wildman–Crippen MR) is 91.4 cm³/mol. The van der Waals surface area contributed by atoms with E-state index in [9.17, 15) is 9.90 Å². The zero-order valence-corrected chi connectivity index (χ0v) is 15.0. The summed E-state index contributed by atoms with van der Waals surface area (Å²) in [7, 11) is 0. The van der Waals surface area contributed by atoms with E-state index in [4.69, 9.17) is 4.42 Å². The van der Waals surface area contributed by atoms with E-state index in [1.54, 1.807) is 13.0 Å². The van der Waals surface area contributed by atoms with Crippen molar-refractivity contribution in [2.45, 2.75) is 52.7 Å². The van der Waals surface area contributed by atoms with E-state index in [-0.39, 0.29) is 18.6 Å². The normalized spacial score (nSPS) is 15.2. The molecular formula is C16H28N2O3S. The molecule has 2 atom stereocenters. The van der Waals surface area contributed by atoms with Gasteiger partial charge >= 0.3 is 6.03 Å². The Kier molecular flexibility index (Phi) is 7.29. The Morgan fingerprint density at radius 1 is 1.50 bits per heavy atom. The second-order valence-electron chi connectivity index (χ2n) is 5.81. The highest BCUT2D eigenvalue weighted by atomic mass is 32.2. The van der Waals surface area contributed by atoms with Crippen LogP contribution in [0.25, 0.3) is 0 Å². The van der Waals surface area contributed by atoms with E-state index in [2.05, 4.69) is 17.6 Å². The number of nitrogens with one attached hydrogen (secondary N) is 2. The van der Waals surface area contributed by atoms with Gasteiger partial charge in [0.05, 0.1) is 6.54 Å². The van der Waals surface area contributed by atoms with Gasteiger partial charge in [-0.1, -0.05) is 6.92 Å².